The summed E-state index contributed by atoms with van der Waals surface area (Å²) in [6.07, 6.45) is 3.96. The lowest BCUT2D eigenvalue weighted by Crippen LogP contribution is -2.61. The van der Waals surface area contributed by atoms with Gasteiger partial charge in [-0.25, -0.2) is 15.0 Å². The lowest BCUT2D eigenvalue weighted by molar-refractivity contribution is -0.0829. The Morgan fingerprint density at radius 2 is 2.27 bits per heavy atom. The van der Waals surface area contributed by atoms with Crippen LogP contribution in [0.1, 0.15) is 18.5 Å². The van der Waals surface area contributed by atoms with Crippen molar-refractivity contribution in [3.05, 3.63) is 18.1 Å². The van der Waals surface area contributed by atoms with Crippen LogP contribution in [-0.2, 0) is 16.1 Å². The molecule has 22 heavy (non-hydrogen) atoms. The highest BCUT2D eigenvalue weighted by Gasteiger charge is 2.51. The Bertz CT molecular complexity index is 585. The molecule has 118 valence electrons. The van der Waals surface area contributed by atoms with E-state index in [-0.39, 0.29) is 5.60 Å². The number of anilines is 1. The van der Waals surface area contributed by atoms with Crippen molar-refractivity contribution < 1.29 is 9.47 Å². The standard InChI is InChI=1S/C15H21N5O2/c1-21-7-12-6-13(18-10-17-12)19-14-16-8-15(22-14)9-20-4-2-11(15)3-5-20/h6,10-11H,2-5,7-9H2,1H3,(H,16,17,18,19)/t15-/m0/s1. The summed E-state index contributed by atoms with van der Waals surface area (Å²) in [5, 5.41) is 3.17. The highest BCUT2D eigenvalue weighted by Crippen LogP contribution is 2.40. The molecule has 0 radical (unpaired) electrons. The summed E-state index contributed by atoms with van der Waals surface area (Å²) < 4.78 is 11.3. The molecule has 2 bridgehead atoms. The smallest absolute Gasteiger partial charge is 0.291 e. The van der Waals surface area contributed by atoms with Crippen molar-refractivity contribution in [2.24, 2.45) is 10.9 Å². The number of nitrogens with one attached hydrogen (secondary N) is 1. The third-order valence-electron chi connectivity index (χ3n) is 4.86. The number of nitrogens with zero attached hydrogens (tertiary/aromatic N) is 4. The average Bonchev–Trinajstić information content (AvgIpc) is 2.91. The van der Waals surface area contributed by atoms with Crippen molar-refractivity contribution in [3.8, 4) is 0 Å². The van der Waals surface area contributed by atoms with E-state index in [1.165, 1.54) is 32.3 Å². The Kier molecular flexibility index (Phi) is 3.46. The molecule has 3 fully saturated rings. The van der Waals surface area contributed by atoms with E-state index in [4.69, 9.17) is 9.47 Å². The van der Waals surface area contributed by atoms with Gasteiger partial charge in [0.05, 0.1) is 18.8 Å². The number of rotatable bonds is 3. The van der Waals surface area contributed by atoms with Crippen LogP contribution in [0.2, 0.25) is 0 Å². The maximum absolute atomic E-state index is 6.23. The van der Waals surface area contributed by atoms with Gasteiger partial charge >= 0.3 is 0 Å². The SMILES string of the molecule is COCc1cc(NC2=NC[C@@]3(CN4CCC3CC4)O2)ncn1. The second kappa shape index (κ2) is 5.48. The van der Waals surface area contributed by atoms with Gasteiger partial charge in [0.25, 0.3) is 6.02 Å². The third kappa shape index (κ3) is 2.44. The fourth-order valence-corrected chi connectivity index (χ4v) is 3.75. The molecule has 4 aliphatic heterocycles. The first kappa shape index (κ1) is 13.9. The van der Waals surface area contributed by atoms with E-state index in [0.717, 1.165) is 18.8 Å². The Balaban J connectivity index is 1.44. The van der Waals surface area contributed by atoms with E-state index < -0.39 is 0 Å². The molecule has 7 heteroatoms. The van der Waals surface area contributed by atoms with Crippen molar-refractivity contribution >= 4 is 11.8 Å². The summed E-state index contributed by atoms with van der Waals surface area (Å²) >= 11 is 0. The van der Waals surface area contributed by atoms with Gasteiger partial charge in [0.15, 0.2) is 0 Å². The number of hydrogen-bond donors (Lipinski definition) is 1. The highest BCUT2D eigenvalue weighted by molar-refractivity contribution is 5.89. The normalized spacial score (nSPS) is 32.9. The molecule has 0 aliphatic carbocycles. The van der Waals surface area contributed by atoms with Gasteiger partial charge in [0.2, 0.25) is 0 Å². The van der Waals surface area contributed by atoms with Gasteiger partial charge in [-0.15, -0.1) is 0 Å². The third-order valence-corrected chi connectivity index (χ3v) is 4.86. The first-order valence-electron chi connectivity index (χ1n) is 7.80. The summed E-state index contributed by atoms with van der Waals surface area (Å²) in [4.78, 5) is 15.4. The van der Waals surface area contributed by atoms with E-state index in [1.807, 2.05) is 6.07 Å². The van der Waals surface area contributed by atoms with E-state index in [2.05, 4.69) is 25.2 Å². The maximum Gasteiger partial charge on any atom is 0.291 e. The molecule has 0 aromatic carbocycles. The predicted molar refractivity (Wildman–Crippen MR) is 81.6 cm³/mol. The Labute approximate surface area is 129 Å². The largest absolute Gasteiger partial charge is 0.455 e. The zero-order chi connectivity index (χ0) is 15.0. The number of ether oxygens (including phenoxy) is 2. The maximum atomic E-state index is 6.23. The minimum Gasteiger partial charge on any atom is -0.455 e. The van der Waals surface area contributed by atoms with Crippen molar-refractivity contribution in [2.75, 3.05) is 38.6 Å². The number of methoxy groups -OCH3 is 1. The van der Waals surface area contributed by atoms with Crippen LogP contribution < -0.4 is 5.32 Å². The molecule has 1 atom stereocenters. The molecule has 1 spiro atoms. The highest BCUT2D eigenvalue weighted by atomic mass is 16.5. The van der Waals surface area contributed by atoms with Crippen LogP contribution in [0.5, 0.6) is 0 Å². The van der Waals surface area contributed by atoms with E-state index in [9.17, 15) is 0 Å². The molecule has 3 saturated heterocycles. The van der Waals surface area contributed by atoms with Crippen LogP contribution >= 0.6 is 0 Å². The first-order chi connectivity index (χ1) is 10.8. The van der Waals surface area contributed by atoms with E-state index in [1.54, 1.807) is 7.11 Å². The van der Waals surface area contributed by atoms with Crippen molar-refractivity contribution in [1.29, 1.82) is 0 Å². The summed E-state index contributed by atoms with van der Waals surface area (Å²) in [6.45, 7) is 4.60. The van der Waals surface area contributed by atoms with Crippen LogP contribution in [0, 0.1) is 5.92 Å². The monoisotopic (exact) mass is 303 g/mol. The Morgan fingerprint density at radius 3 is 3.00 bits per heavy atom. The molecule has 1 aromatic rings. The van der Waals surface area contributed by atoms with Crippen LogP contribution in [0.25, 0.3) is 0 Å². The lowest BCUT2D eigenvalue weighted by atomic mass is 9.75. The van der Waals surface area contributed by atoms with Crippen LogP contribution in [0.15, 0.2) is 17.4 Å². The summed E-state index contributed by atoms with van der Waals surface area (Å²) in [5.74, 6) is 1.31. The number of aliphatic imine (C=N–C) groups is 1. The van der Waals surface area contributed by atoms with Gasteiger partial charge in [0, 0.05) is 25.6 Å². The molecule has 0 unspecified atom stereocenters. The summed E-state index contributed by atoms with van der Waals surface area (Å²) in [7, 11) is 1.65. The number of aromatic nitrogens is 2. The number of amidine groups is 1. The Morgan fingerprint density at radius 1 is 1.41 bits per heavy atom. The fraction of sp³-hybridized carbons (Fsp3) is 0.667. The second-order valence-electron chi connectivity index (χ2n) is 6.29. The molecule has 7 nitrogen and oxygen atoms in total. The van der Waals surface area contributed by atoms with Crippen molar-refractivity contribution in [1.82, 2.24) is 14.9 Å². The molecule has 1 N–H and O–H groups in total. The molecule has 5 rings (SSSR count). The predicted octanol–water partition coefficient (Wildman–Crippen LogP) is 0.885. The fourth-order valence-electron chi connectivity index (χ4n) is 3.75. The van der Waals surface area contributed by atoms with Crippen LogP contribution in [-0.4, -0.2) is 59.8 Å². The van der Waals surface area contributed by atoms with Gasteiger partial charge in [-0.3, -0.25) is 10.2 Å². The zero-order valence-corrected chi connectivity index (χ0v) is 12.8. The minimum absolute atomic E-state index is 0.124. The van der Waals surface area contributed by atoms with Crippen molar-refractivity contribution in [3.63, 3.8) is 0 Å². The van der Waals surface area contributed by atoms with Gasteiger partial charge in [-0.2, -0.15) is 0 Å². The van der Waals surface area contributed by atoms with Gasteiger partial charge in [0.1, 0.15) is 17.7 Å². The summed E-state index contributed by atoms with van der Waals surface area (Å²) in [5.41, 5.74) is 0.706. The number of fused-ring (bicyclic) bond motifs is 2. The Hall–Kier alpha value is -1.73. The molecular weight excluding hydrogens is 282 g/mol. The molecule has 4 aliphatic rings. The molecule has 0 amide bonds. The molecule has 1 aromatic heterocycles. The second-order valence-corrected chi connectivity index (χ2v) is 6.29. The van der Waals surface area contributed by atoms with Crippen LogP contribution in [0.3, 0.4) is 0 Å². The summed E-state index contributed by atoms with van der Waals surface area (Å²) in [6, 6.07) is 2.44. The van der Waals surface area contributed by atoms with Crippen molar-refractivity contribution in [2.45, 2.75) is 25.0 Å². The van der Waals surface area contributed by atoms with Gasteiger partial charge in [-0.1, -0.05) is 0 Å². The van der Waals surface area contributed by atoms with Gasteiger partial charge in [-0.05, 0) is 25.9 Å². The molecular formula is C15H21N5O2. The molecule has 5 heterocycles. The number of piperidine rings is 3. The topological polar surface area (TPSA) is 71.9 Å². The lowest BCUT2D eigenvalue weighted by Gasteiger charge is -2.50. The van der Waals surface area contributed by atoms with E-state index in [0.29, 0.717) is 24.4 Å². The van der Waals surface area contributed by atoms with Gasteiger partial charge < -0.3 is 9.47 Å². The average molecular weight is 303 g/mol. The minimum atomic E-state index is -0.124. The van der Waals surface area contributed by atoms with Crippen LogP contribution in [0.4, 0.5) is 5.82 Å². The van der Waals surface area contributed by atoms with E-state index >= 15 is 0 Å². The molecule has 0 saturated carbocycles. The quantitative estimate of drug-likeness (QED) is 0.894. The number of hydrogen-bond acceptors (Lipinski definition) is 7. The first-order valence-corrected chi connectivity index (χ1v) is 7.80. The zero-order valence-electron chi connectivity index (χ0n) is 12.8.